The Labute approximate surface area is 143 Å². The van der Waals surface area contributed by atoms with Crippen LogP contribution in [0.25, 0.3) is 0 Å². The van der Waals surface area contributed by atoms with E-state index in [9.17, 15) is 14.7 Å². The molecule has 4 atom stereocenters. The number of carboxylic acids is 1. The molecule has 0 spiro atoms. The van der Waals surface area contributed by atoms with Gasteiger partial charge in [-0.3, -0.25) is 9.59 Å². The summed E-state index contributed by atoms with van der Waals surface area (Å²) in [6.07, 6.45) is 3.68. The SMILES string of the molecule is CCC[C@H](N)C(=O)NC[C@@H]1CC[C@@H](CCB(O)O)C[C@]1(N)C(=O)O. The minimum atomic E-state index is -1.43. The summed E-state index contributed by atoms with van der Waals surface area (Å²) in [7, 11) is -1.39. The van der Waals surface area contributed by atoms with Crippen LogP contribution >= 0.6 is 0 Å². The first-order chi connectivity index (χ1) is 11.2. The minimum absolute atomic E-state index is 0.0298. The number of nitrogens with one attached hydrogen (secondary N) is 1. The van der Waals surface area contributed by atoms with Gasteiger partial charge in [0.1, 0.15) is 5.54 Å². The first kappa shape index (κ1) is 20.9. The standard InChI is InChI=1S/C15H30BN3O5/c1-2-3-12(17)13(20)19-9-11-5-4-10(6-7-16(23)24)8-15(11,18)14(21)22/h10-12,23-24H,2-9,17-18H2,1H3,(H,19,20)(H,21,22)/t10-,11-,12-,15+/m0/s1. The van der Waals surface area contributed by atoms with Crippen molar-refractivity contribution in [2.45, 2.75) is 63.3 Å². The maximum atomic E-state index is 11.9. The number of carbonyl (C=O) groups excluding carboxylic acids is 1. The van der Waals surface area contributed by atoms with Gasteiger partial charge in [-0.15, -0.1) is 0 Å². The highest BCUT2D eigenvalue weighted by atomic mass is 16.4. The molecule has 1 saturated carbocycles. The van der Waals surface area contributed by atoms with Gasteiger partial charge in [-0.2, -0.15) is 0 Å². The molecule has 1 amide bonds. The topological polar surface area (TPSA) is 159 Å². The van der Waals surface area contributed by atoms with Gasteiger partial charge in [-0.05, 0) is 37.9 Å². The molecule has 0 unspecified atom stereocenters. The van der Waals surface area contributed by atoms with E-state index in [2.05, 4.69) is 5.32 Å². The highest BCUT2D eigenvalue weighted by Gasteiger charge is 2.46. The quantitative estimate of drug-likeness (QED) is 0.302. The van der Waals surface area contributed by atoms with Gasteiger partial charge in [-0.25, -0.2) is 0 Å². The molecule has 1 rings (SSSR count). The van der Waals surface area contributed by atoms with Crippen LogP contribution in [0.15, 0.2) is 0 Å². The Kier molecular flexibility index (Phi) is 8.15. The lowest BCUT2D eigenvalue weighted by molar-refractivity contribution is -0.148. The number of amides is 1. The number of hydrogen-bond donors (Lipinski definition) is 6. The van der Waals surface area contributed by atoms with E-state index in [1.54, 1.807) is 0 Å². The second-order valence-electron chi connectivity index (χ2n) is 6.89. The molecule has 9 heteroatoms. The van der Waals surface area contributed by atoms with Crippen molar-refractivity contribution in [1.29, 1.82) is 0 Å². The average Bonchev–Trinajstić information content (AvgIpc) is 2.51. The Morgan fingerprint density at radius 3 is 2.58 bits per heavy atom. The lowest BCUT2D eigenvalue weighted by atomic mass is 9.66. The molecule has 24 heavy (non-hydrogen) atoms. The van der Waals surface area contributed by atoms with E-state index in [0.717, 1.165) is 12.8 Å². The number of nitrogens with two attached hydrogens (primary N) is 2. The molecule has 0 aromatic heterocycles. The van der Waals surface area contributed by atoms with Gasteiger partial charge < -0.3 is 31.9 Å². The molecule has 0 heterocycles. The van der Waals surface area contributed by atoms with E-state index in [1.165, 1.54) is 0 Å². The van der Waals surface area contributed by atoms with Crippen molar-refractivity contribution in [3.8, 4) is 0 Å². The summed E-state index contributed by atoms with van der Waals surface area (Å²) in [6, 6.07) is -0.589. The fourth-order valence-electron chi connectivity index (χ4n) is 3.42. The number of aliphatic carboxylic acids is 1. The van der Waals surface area contributed by atoms with Crippen LogP contribution in [-0.4, -0.2) is 52.3 Å². The van der Waals surface area contributed by atoms with Crippen LogP contribution in [0.1, 0.15) is 45.4 Å². The van der Waals surface area contributed by atoms with Crippen LogP contribution in [0, 0.1) is 11.8 Å². The van der Waals surface area contributed by atoms with E-state index in [0.29, 0.717) is 19.3 Å². The smallest absolute Gasteiger partial charge is 0.451 e. The van der Waals surface area contributed by atoms with Crippen molar-refractivity contribution in [2.24, 2.45) is 23.3 Å². The van der Waals surface area contributed by atoms with Crippen molar-refractivity contribution < 1.29 is 24.7 Å². The van der Waals surface area contributed by atoms with Crippen LogP contribution < -0.4 is 16.8 Å². The third kappa shape index (κ3) is 5.73. The Morgan fingerprint density at radius 1 is 1.38 bits per heavy atom. The first-order valence-corrected chi connectivity index (χ1v) is 8.62. The zero-order valence-corrected chi connectivity index (χ0v) is 14.3. The number of carboxylic acid groups (broad SMARTS) is 1. The van der Waals surface area contributed by atoms with Gasteiger partial charge in [0.25, 0.3) is 0 Å². The minimum Gasteiger partial charge on any atom is -0.480 e. The molecule has 0 aliphatic heterocycles. The summed E-state index contributed by atoms with van der Waals surface area (Å²) in [5, 5.41) is 30.2. The summed E-state index contributed by atoms with van der Waals surface area (Å²) >= 11 is 0. The lowest BCUT2D eigenvalue weighted by Crippen LogP contribution is -2.60. The van der Waals surface area contributed by atoms with E-state index < -0.39 is 24.7 Å². The number of carbonyl (C=O) groups is 2. The molecule has 0 aromatic carbocycles. The van der Waals surface area contributed by atoms with Gasteiger partial charge in [-0.1, -0.05) is 19.8 Å². The van der Waals surface area contributed by atoms with Crippen LogP contribution in [-0.2, 0) is 9.59 Å². The molecule has 0 radical (unpaired) electrons. The predicted octanol–water partition coefficient (Wildman–Crippen LogP) is -0.709. The van der Waals surface area contributed by atoms with Gasteiger partial charge in [0.2, 0.25) is 5.91 Å². The van der Waals surface area contributed by atoms with Crippen molar-refractivity contribution in [3.05, 3.63) is 0 Å². The van der Waals surface area contributed by atoms with Gasteiger partial charge in [0.05, 0.1) is 6.04 Å². The van der Waals surface area contributed by atoms with Crippen molar-refractivity contribution in [2.75, 3.05) is 6.54 Å². The monoisotopic (exact) mass is 343 g/mol. The van der Waals surface area contributed by atoms with Crippen LogP contribution in [0.5, 0.6) is 0 Å². The van der Waals surface area contributed by atoms with E-state index in [1.807, 2.05) is 6.92 Å². The summed E-state index contributed by atoms with van der Waals surface area (Å²) in [4.78, 5) is 23.6. The van der Waals surface area contributed by atoms with Gasteiger partial charge in [0, 0.05) is 12.5 Å². The highest BCUT2D eigenvalue weighted by Crippen LogP contribution is 2.38. The second kappa shape index (κ2) is 9.36. The average molecular weight is 343 g/mol. The van der Waals surface area contributed by atoms with Crippen molar-refractivity contribution in [1.82, 2.24) is 5.32 Å². The van der Waals surface area contributed by atoms with Crippen molar-refractivity contribution in [3.63, 3.8) is 0 Å². The Morgan fingerprint density at radius 2 is 2.04 bits per heavy atom. The third-order valence-electron chi connectivity index (χ3n) is 4.97. The summed E-state index contributed by atoms with van der Waals surface area (Å²) in [6.45, 7) is 2.13. The normalized spacial score (nSPS) is 28.2. The Bertz CT molecular complexity index is 437. The zero-order chi connectivity index (χ0) is 18.3. The number of rotatable bonds is 9. The molecule has 0 aromatic rings. The maximum Gasteiger partial charge on any atom is 0.451 e. The Hall–Kier alpha value is -1.16. The lowest BCUT2D eigenvalue weighted by Gasteiger charge is -2.41. The van der Waals surface area contributed by atoms with E-state index in [-0.39, 0.29) is 37.0 Å². The fourth-order valence-corrected chi connectivity index (χ4v) is 3.42. The molecule has 8 N–H and O–H groups in total. The molecule has 138 valence electrons. The fraction of sp³-hybridized carbons (Fsp3) is 0.867. The summed E-state index contributed by atoms with van der Waals surface area (Å²) in [5.74, 6) is -1.71. The molecule has 0 saturated heterocycles. The largest absolute Gasteiger partial charge is 0.480 e. The zero-order valence-electron chi connectivity index (χ0n) is 14.3. The predicted molar refractivity (Wildman–Crippen MR) is 90.9 cm³/mol. The highest BCUT2D eigenvalue weighted by molar-refractivity contribution is 6.40. The van der Waals surface area contributed by atoms with Gasteiger partial charge in [0.15, 0.2) is 0 Å². The van der Waals surface area contributed by atoms with Crippen molar-refractivity contribution >= 4 is 19.0 Å². The van der Waals surface area contributed by atoms with Crippen LogP contribution in [0.2, 0.25) is 6.32 Å². The van der Waals surface area contributed by atoms with Gasteiger partial charge >= 0.3 is 13.1 Å². The molecule has 1 aliphatic carbocycles. The maximum absolute atomic E-state index is 11.9. The molecular weight excluding hydrogens is 313 g/mol. The first-order valence-electron chi connectivity index (χ1n) is 8.62. The molecular formula is C15H30BN3O5. The Balaban J connectivity index is 2.64. The molecule has 0 bridgehead atoms. The molecule has 8 nitrogen and oxygen atoms in total. The van der Waals surface area contributed by atoms with E-state index in [4.69, 9.17) is 21.5 Å². The van der Waals surface area contributed by atoms with Crippen LogP contribution in [0.3, 0.4) is 0 Å². The third-order valence-corrected chi connectivity index (χ3v) is 4.97. The molecule has 1 aliphatic rings. The van der Waals surface area contributed by atoms with E-state index >= 15 is 0 Å². The van der Waals surface area contributed by atoms with Crippen LogP contribution in [0.4, 0.5) is 0 Å². The second-order valence-corrected chi connectivity index (χ2v) is 6.89. The summed E-state index contributed by atoms with van der Waals surface area (Å²) in [5.41, 5.74) is 10.5. The summed E-state index contributed by atoms with van der Waals surface area (Å²) < 4.78 is 0. The number of hydrogen-bond acceptors (Lipinski definition) is 6. The molecule has 1 fully saturated rings.